The second kappa shape index (κ2) is 10.1. The Hall–Kier alpha value is -2.39. The molecule has 0 atom stereocenters. The van der Waals surface area contributed by atoms with Crippen LogP contribution in [0, 0.1) is 6.92 Å². The second-order valence-electron chi connectivity index (χ2n) is 5.94. The molecule has 0 spiro atoms. The molecule has 3 aromatic rings. The van der Waals surface area contributed by atoms with Crippen LogP contribution in [-0.4, -0.2) is 22.8 Å². The van der Waals surface area contributed by atoms with Crippen molar-refractivity contribution in [2.45, 2.75) is 20.1 Å². The maximum Gasteiger partial charge on any atom is 0.193 e. The molecule has 0 radical (unpaired) electrons. The molecule has 6 nitrogen and oxygen atoms in total. The summed E-state index contributed by atoms with van der Waals surface area (Å²) in [7, 11) is 1.67. The summed E-state index contributed by atoms with van der Waals surface area (Å²) in [6.07, 6.45) is 1.99. The van der Waals surface area contributed by atoms with Crippen LogP contribution in [0.2, 0.25) is 0 Å². The Balaban J connectivity index is 0.00000261. The molecular formula is C20H24IN5O. The number of guanidine groups is 1. The standard InChI is InChI=1S/C20H23N5O.HI/c1-15-17(13-25(24-15)18-9-4-3-5-10-18)12-22-20(21)23-19-11-7-6-8-16(19)14-26-2;/h3-11,13H,12,14H2,1-2H3,(H3,21,22,23);1H. The average molecular weight is 477 g/mol. The van der Waals surface area contributed by atoms with E-state index in [2.05, 4.69) is 15.4 Å². The highest BCUT2D eigenvalue weighted by molar-refractivity contribution is 14.0. The predicted octanol–water partition coefficient (Wildman–Crippen LogP) is 3.87. The lowest BCUT2D eigenvalue weighted by atomic mass is 10.2. The minimum absolute atomic E-state index is 0. The Morgan fingerprint density at radius 2 is 1.81 bits per heavy atom. The van der Waals surface area contributed by atoms with E-state index in [9.17, 15) is 0 Å². The number of nitrogens with two attached hydrogens (primary N) is 1. The van der Waals surface area contributed by atoms with Crippen LogP contribution in [0.25, 0.3) is 5.69 Å². The van der Waals surface area contributed by atoms with Crippen molar-refractivity contribution in [1.29, 1.82) is 0 Å². The Labute approximate surface area is 176 Å². The molecular weight excluding hydrogens is 453 g/mol. The fourth-order valence-electron chi connectivity index (χ4n) is 2.64. The summed E-state index contributed by atoms with van der Waals surface area (Å²) in [6, 6.07) is 17.9. The van der Waals surface area contributed by atoms with Gasteiger partial charge in [-0.15, -0.1) is 24.0 Å². The van der Waals surface area contributed by atoms with Gasteiger partial charge in [-0.25, -0.2) is 9.67 Å². The summed E-state index contributed by atoms with van der Waals surface area (Å²) in [6.45, 7) is 2.95. The van der Waals surface area contributed by atoms with E-state index in [1.807, 2.05) is 72.4 Å². The van der Waals surface area contributed by atoms with Crippen LogP contribution < -0.4 is 11.1 Å². The Bertz CT molecular complexity index is 892. The fourth-order valence-corrected chi connectivity index (χ4v) is 2.64. The van der Waals surface area contributed by atoms with Gasteiger partial charge in [0, 0.05) is 30.1 Å². The quantitative estimate of drug-likeness (QED) is 0.321. The van der Waals surface area contributed by atoms with Gasteiger partial charge in [0.05, 0.1) is 24.5 Å². The van der Waals surface area contributed by atoms with E-state index in [4.69, 9.17) is 10.5 Å². The van der Waals surface area contributed by atoms with Gasteiger partial charge in [0.15, 0.2) is 5.96 Å². The number of benzene rings is 2. The van der Waals surface area contributed by atoms with Gasteiger partial charge in [-0.2, -0.15) is 5.10 Å². The second-order valence-corrected chi connectivity index (χ2v) is 5.94. The van der Waals surface area contributed by atoms with Crippen LogP contribution in [0.1, 0.15) is 16.8 Å². The molecule has 0 amide bonds. The van der Waals surface area contributed by atoms with Crippen molar-refractivity contribution in [2.24, 2.45) is 10.7 Å². The first-order valence-corrected chi connectivity index (χ1v) is 8.41. The summed E-state index contributed by atoms with van der Waals surface area (Å²) in [5.41, 5.74) is 11.0. The Morgan fingerprint density at radius 3 is 2.56 bits per heavy atom. The number of ether oxygens (including phenoxy) is 1. The molecule has 0 aliphatic heterocycles. The van der Waals surface area contributed by atoms with E-state index >= 15 is 0 Å². The molecule has 1 aromatic heterocycles. The molecule has 0 aliphatic rings. The van der Waals surface area contributed by atoms with Crippen LogP contribution in [-0.2, 0) is 17.9 Å². The number of para-hydroxylation sites is 2. The lowest BCUT2D eigenvalue weighted by Crippen LogP contribution is -2.23. The Morgan fingerprint density at radius 1 is 1.11 bits per heavy atom. The van der Waals surface area contributed by atoms with Gasteiger partial charge < -0.3 is 15.8 Å². The molecule has 0 unspecified atom stereocenters. The molecule has 27 heavy (non-hydrogen) atoms. The van der Waals surface area contributed by atoms with Crippen molar-refractivity contribution in [3.63, 3.8) is 0 Å². The van der Waals surface area contributed by atoms with Gasteiger partial charge in [0.25, 0.3) is 0 Å². The zero-order valence-electron chi connectivity index (χ0n) is 15.4. The number of halogens is 1. The third-order valence-corrected chi connectivity index (χ3v) is 4.02. The van der Waals surface area contributed by atoms with Crippen molar-refractivity contribution in [3.05, 3.63) is 77.6 Å². The fraction of sp³-hybridized carbons (Fsp3) is 0.200. The van der Waals surface area contributed by atoms with E-state index in [-0.39, 0.29) is 24.0 Å². The SMILES string of the molecule is COCc1ccccc1NC(N)=NCc1cn(-c2ccccc2)nc1C.I. The lowest BCUT2D eigenvalue weighted by Gasteiger charge is -2.10. The van der Waals surface area contributed by atoms with E-state index in [1.54, 1.807) is 7.11 Å². The van der Waals surface area contributed by atoms with Gasteiger partial charge in [-0.05, 0) is 25.1 Å². The molecule has 3 N–H and O–H groups in total. The van der Waals surface area contributed by atoms with Gasteiger partial charge >= 0.3 is 0 Å². The molecule has 7 heteroatoms. The van der Waals surface area contributed by atoms with Gasteiger partial charge in [0.2, 0.25) is 0 Å². The first-order chi connectivity index (χ1) is 12.7. The van der Waals surface area contributed by atoms with Crippen LogP contribution in [0.4, 0.5) is 5.69 Å². The number of methoxy groups -OCH3 is 1. The number of rotatable bonds is 6. The molecule has 2 aromatic carbocycles. The third kappa shape index (κ3) is 5.54. The van der Waals surface area contributed by atoms with Crippen LogP contribution in [0.5, 0.6) is 0 Å². The summed E-state index contributed by atoms with van der Waals surface area (Å²) >= 11 is 0. The average Bonchev–Trinajstić information content (AvgIpc) is 3.03. The molecule has 3 rings (SSSR count). The van der Waals surface area contributed by atoms with Crippen molar-refractivity contribution in [2.75, 3.05) is 12.4 Å². The van der Waals surface area contributed by atoms with E-state index < -0.39 is 0 Å². The first-order valence-electron chi connectivity index (χ1n) is 8.41. The zero-order chi connectivity index (χ0) is 18.4. The van der Waals surface area contributed by atoms with E-state index in [0.717, 1.165) is 28.2 Å². The van der Waals surface area contributed by atoms with Crippen molar-refractivity contribution in [3.8, 4) is 5.69 Å². The van der Waals surface area contributed by atoms with Crippen LogP contribution in [0.15, 0.2) is 65.8 Å². The molecule has 142 valence electrons. The molecule has 1 heterocycles. The highest BCUT2D eigenvalue weighted by Crippen LogP contribution is 2.16. The van der Waals surface area contributed by atoms with Crippen molar-refractivity contribution in [1.82, 2.24) is 9.78 Å². The molecule has 0 fully saturated rings. The number of aromatic nitrogens is 2. The number of aliphatic imine (C=N–C) groups is 1. The normalized spacial score (nSPS) is 11.1. The largest absolute Gasteiger partial charge is 0.380 e. The van der Waals surface area contributed by atoms with Crippen LogP contribution in [0.3, 0.4) is 0 Å². The Kier molecular flexibility index (Phi) is 7.81. The molecule has 0 bridgehead atoms. The summed E-state index contributed by atoms with van der Waals surface area (Å²) in [5, 5.41) is 7.69. The number of nitrogens with zero attached hydrogens (tertiary/aromatic N) is 3. The number of anilines is 1. The van der Waals surface area contributed by atoms with E-state index in [0.29, 0.717) is 19.1 Å². The van der Waals surface area contributed by atoms with Crippen molar-refractivity contribution < 1.29 is 4.74 Å². The number of nitrogens with one attached hydrogen (secondary N) is 1. The first kappa shape index (κ1) is 20.9. The predicted molar refractivity (Wildman–Crippen MR) is 120 cm³/mol. The maximum absolute atomic E-state index is 6.06. The summed E-state index contributed by atoms with van der Waals surface area (Å²) < 4.78 is 7.07. The monoisotopic (exact) mass is 477 g/mol. The zero-order valence-corrected chi connectivity index (χ0v) is 17.8. The molecule has 0 saturated heterocycles. The minimum Gasteiger partial charge on any atom is -0.380 e. The third-order valence-electron chi connectivity index (χ3n) is 4.02. The number of hydrogen-bond donors (Lipinski definition) is 2. The topological polar surface area (TPSA) is 77.5 Å². The molecule has 0 saturated carbocycles. The van der Waals surface area contributed by atoms with Crippen LogP contribution >= 0.6 is 24.0 Å². The van der Waals surface area contributed by atoms with Crippen molar-refractivity contribution >= 4 is 35.6 Å². The van der Waals surface area contributed by atoms with Gasteiger partial charge in [-0.3, -0.25) is 0 Å². The lowest BCUT2D eigenvalue weighted by molar-refractivity contribution is 0.185. The molecule has 0 aliphatic carbocycles. The maximum atomic E-state index is 6.06. The highest BCUT2D eigenvalue weighted by Gasteiger charge is 2.07. The number of hydrogen-bond acceptors (Lipinski definition) is 3. The van der Waals surface area contributed by atoms with Gasteiger partial charge in [-0.1, -0.05) is 36.4 Å². The number of aryl methyl sites for hydroxylation is 1. The minimum atomic E-state index is 0. The smallest absolute Gasteiger partial charge is 0.193 e. The summed E-state index contributed by atoms with van der Waals surface area (Å²) in [5.74, 6) is 0.361. The summed E-state index contributed by atoms with van der Waals surface area (Å²) in [4.78, 5) is 4.45. The van der Waals surface area contributed by atoms with E-state index in [1.165, 1.54) is 0 Å². The van der Waals surface area contributed by atoms with Gasteiger partial charge in [0.1, 0.15) is 0 Å². The highest BCUT2D eigenvalue weighted by atomic mass is 127.